The van der Waals surface area contributed by atoms with Crippen LogP contribution in [-0.2, 0) is 34.0 Å². The molecule has 2 fully saturated rings. The average Bonchev–Trinajstić information content (AvgIpc) is 3.10. The standard InChI is InChI=1S/C25H26FN3O5/c26-20-5-4-16(13-28-8-10-33-11-9-28)12-17(20)15-34-22-3-1-2-18-19(22)14-29(25(18)32)21-6-7-23(30)27-24(21)31/h1-5,12,21H,6-11,13-15H2,(H,27,30,31)/i6D2,7D2,14D2. The Hall–Kier alpha value is -3.30. The number of imide groups is 1. The molecule has 1 atom stereocenters. The Morgan fingerprint density at radius 2 is 2.00 bits per heavy atom. The lowest BCUT2D eigenvalue weighted by Gasteiger charge is -2.29. The van der Waals surface area contributed by atoms with E-state index < -0.39 is 48.8 Å². The van der Waals surface area contributed by atoms with E-state index in [2.05, 4.69) is 4.90 Å². The predicted octanol–water partition coefficient (Wildman–Crippen LogP) is 2.00. The molecule has 0 spiro atoms. The van der Waals surface area contributed by atoms with Gasteiger partial charge < -0.3 is 14.4 Å². The second-order valence-corrected chi connectivity index (χ2v) is 8.06. The number of morpholine rings is 1. The lowest BCUT2D eigenvalue weighted by atomic mass is 10.0. The monoisotopic (exact) mass is 473 g/mol. The topological polar surface area (TPSA) is 88.2 Å². The van der Waals surface area contributed by atoms with Crippen molar-refractivity contribution >= 4 is 17.7 Å². The third-order valence-electron chi connectivity index (χ3n) is 5.78. The van der Waals surface area contributed by atoms with E-state index in [0.717, 1.165) is 18.7 Å². The van der Waals surface area contributed by atoms with E-state index >= 15 is 0 Å². The molecule has 5 rings (SSSR count). The van der Waals surface area contributed by atoms with Crippen molar-refractivity contribution in [2.75, 3.05) is 26.3 Å². The summed E-state index contributed by atoms with van der Waals surface area (Å²) < 4.78 is 75.5. The molecular weight excluding hydrogens is 441 g/mol. The highest BCUT2D eigenvalue weighted by molar-refractivity contribution is 6.05. The van der Waals surface area contributed by atoms with Crippen molar-refractivity contribution in [2.24, 2.45) is 0 Å². The molecule has 3 amide bonds. The predicted molar refractivity (Wildman–Crippen MR) is 119 cm³/mol. The average molecular weight is 474 g/mol. The van der Waals surface area contributed by atoms with E-state index in [4.69, 9.17) is 17.7 Å². The van der Waals surface area contributed by atoms with Gasteiger partial charge in [-0.2, -0.15) is 0 Å². The summed E-state index contributed by atoms with van der Waals surface area (Å²) in [5, 5.41) is 1.70. The van der Waals surface area contributed by atoms with Crippen LogP contribution >= 0.6 is 0 Å². The minimum atomic E-state index is -3.26. The van der Waals surface area contributed by atoms with Gasteiger partial charge in [0.2, 0.25) is 11.8 Å². The molecule has 1 N–H and O–H groups in total. The highest BCUT2D eigenvalue weighted by atomic mass is 19.1. The minimum absolute atomic E-state index is 0.132. The third-order valence-corrected chi connectivity index (χ3v) is 5.78. The summed E-state index contributed by atoms with van der Waals surface area (Å²) in [7, 11) is 0. The summed E-state index contributed by atoms with van der Waals surface area (Å²) in [6.07, 6.45) is -6.50. The summed E-state index contributed by atoms with van der Waals surface area (Å²) in [5.74, 6) is -4.63. The molecule has 0 saturated carbocycles. The number of nitrogens with zero attached hydrogens (tertiary/aromatic N) is 2. The molecule has 9 heteroatoms. The number of nitrogens with one attached hydrogen (secondary N) is 1. The molecule has 3 aliphatic heterocycles. The fourth-order valence-electron chi connectivity index (χ4n) is 4.03. The highest BCUT2D eigenvalue weighted by Crippen LogP contribution is 2.34. The Labute approximate surface area is 205 Å². The Morgan fingerprint density at radius 1 is 1.18 bits per heavy atom. The molecule has 0 aliphatic carbocycles. The SMILES string of the molecule is [2H]C1([2H])c2c(OCc3cc(CN4CCOCC4)ccc3F)cccc2C(=O)N1C1C(=O)NC(=O)C([2H])([2H])C1([2H])[2H]. The molecule has 2 aromatic carbocycles. The molecule has 3 heterocycles. The number of piperidine rings is 1. The van der Waals surface area contributed by atoms with Gasteiger partial charge in [-0.25, -0.2) is 4.39 Å². The maximum absolute atomic E-state index is 14.7. The zero-order valence-electron chi connectivity index (χ0n) is 24.1. The van der Waals surface area contributed by atoms with Gasteiger partial charge in [0.25, 0.3) is 5.91 Å². The van der Waals surface area contributed by atoms with Crippen LogP contribution in [0.1, 0.15) is 48.0 Å². The fourth-order valence-corrected chi connectivity index (χ4v) is 4.03. The largest absolute Gasteiger partial charge is 0.488 e. The van der Waals surface area contributed by atoms with Crippen LogP contribution in [0.15, 0.2) is 36.4 Å². The van der Waals surface area contributed by atoms with Crippen molar-refractivity contribution in [2.45, 2.75) is 38.4 Å². The summed E-state index contributed by atoms with van der Waals surface area (Å²) in [6.45, 7) is 0.122. The molecule has 2 saturated heterocycles. The Morgan fingerprint density at radius 3 is 2.82 bits per heavy atom. The first kappa shape index (κ1) is 16.3. The number of hydrogen-bond donors (Lipinski definition) is 1. The lowest BCUT2D eigenvalue weighted by Crippen LogP contribution is -2.52. The van der Waals surface area contributed by atoms with Gasteiger partial charge in [0.15, 0.2) is 0 Å². The van der Waals surface area contributed by atoms with Crippen molar-refractivity contribution in [3.05, 3.63) is 64.5 Å². The smallest absolute Gasteiger partial charge is 0.255 e. The van der Waals surface area contributed by atoms with Gasteiger partial charge in [0.1, 0.15) is 24.2 Å². The Kier molecular flexibility index (Phi) is 4.58. The van der Waals surface area contributed by atoms with E-state index in [-0.39, 0.29) is 29.0 Å². The van der Waals surface area contributed by atoms with Crippen LogP contribution in [0.25, 0.3) is 0 Å². The van der Waals surface area contributed by atoms with Crippen molar-refractivity contribution < 1.29 is 36.5 Å². The Bertz CT molecular complexity index is 1380. The van der Waals surface area contributed by atoms with E-state index in [1.54, 1.807) is 17.4 Å². The van der Waals surface area contributed by atoms with Crippen LogP contribution in [0.2, 0.25) is 0 Å². The molecule has 3 aliphatic rings. The van der Waals surface area contributed by atoms with Gasteiger partial charge in [-0.15, -0.1) is 0 Å². The number of halogens is 1. The highest BCUT2D eigenvalue weighted by Gasteiger charge is 2.40. The molecule has 8 nitrogen and oxygen atoms in total. The van der Waals surface area contributed by atoms with E-state index in [9.17, 15) is 18.8 Å². The van der Waals surface area contributed by atoms with Gasteiger partial charge in [-0.1, -0.05) is 12.1 Å². The van der Waals surface area contributed by atoms with E-state index in [1.807, 2.05) is 0 Å². The number of carbonyl (C=O) groups excluding carboxylic acids is 3. The summed E-state index contributed by atoms with van der Waals surface area (Å²) in [6, 6.07) is 6.33. The van der Waals surface area contributed by atoms with Gasteiger partial charge in [-0.05, 0) is 36.2 Å². The maximum Gasteiger partial charge on any atom is 0.255 e. The van der Waals surface area contributed by atoms with Crippen LogP contribution in [0.5, 0.6) is 5.75 Å². The summed E-state index contributed by atoms with van der Waals surface area (Å²) in [5.41, 5.74) is 0.488. The van der Waals surface area contributed by atoms with Crippen LogP contribution in [0.3, 0.4) is 0 Å². The van der Waals surface area contributed by atoms with E-state index in [1.165, 1.54) is 24.3 Å². The normalized spacial score (nSPS) is 28.0. The first-order valence-corrected chi connectivity index (χ1v) is 10.8. The molecule has 0 radical (unpaired) electrons. The number of carbonyl (C=O) groups is 3. The summed E-state index contributed by atoms with van der Waals surface area (Å²) >= 11 is 0. The number of hydrogen-bond acceptors (Lipinski definition) is 6. The first-order chi connectivity index (χ1) is 18.8. The quantitative estimate of drug-likeness (QED) is 0.646. The molecule has 2 aromatic rings. The van der Waals surface area contributed by atoms with Gasteiger partial charge in [0.05, 0.1) is 22.5 Å². The lowest BCUT2D eigenvalue weighted by molar-refractivity contribution is -0.136. The minimum Gasteiger partial charge on any atom is -0.488 e. The van der Waals surface area contributed by atoms with Crippen molar-refractivity contribution in [3.8, 4) is 5.75 Å². The first-order valence-electron chi connectivity index (χ1n) is 13.8. The zero-order valence-corrected chi connectivity index (χ0v) is 18.1. The van der Waals surface area contributed by atoms with E-state index in [0.29, 0.717) is 24.7 Å². The van der Waals surface area contributed by atoms with Crippen molar-refractivity contribution in [1.29, 1.82) is 0 Å². The number of rotatable bonds is 6. The van der Waals surface area contributed by atoms with Crippen molar-refractivity contribution in [3.63, 3.8) is 0 Å². The number of fused-ring (bicyclic) bond motifs is 1. The molecule has 178 valence electrons. The van der Waals surface area contributed by atoms with Crippen LogP contribution < -0.4 is 10.1 Å². The number of benzene rings is 2. The molecule has 0 aromatic heterocycles. The summed E-state index contributed by atoms with van der Waals surface area (Å²) in [4.78, 5) is 40.5. The van der Waals surface area contributed by atoms with Gasteiger partial charge in [-0.3, -0.25) is 24.6 Å². The fraction of sp³-hybridized carbons (Fsp3) is 0.400. The third kappa shape index (κ3) is 4.53. The second-order valence-electron chi connectivity index (χ2n) is 8.06. The molecular formula is C25H26FN3O5. The van der Waals surface area contributed by atoms with Crippen LogP contribution in [-0.4, -0.2) is 59.9 Å². The number of ether oxygens (including phenoxy) is 2. The van der Waals surface area contributed by atoms with Crippen LogP contribution in [0.4, 0.5) is 4.39 Å². The molecule has 34 heavy (non-hydrogen) atoms. The van der Waals surface area contributed by atoms with Gasteiger partial charge in [0, 0.05) is 48.2 Å². The molecule has 1 unspecified atom stereocenters. The second kappa shape index (κ2) is 9.52. The van der Waals surface area contributed by atoms with Gasteiger partial charge >= 0.3 is 0 Å². The maximum atomic E-state index is 14.7. The van der Waals surface area contributed by atoms with Crippen LogP contribution in [0, 0.1) is 5.82 Å². The van der Waals surface area contributed by atoms with Crippen molar-refractivity contribution in [1.82, 2.24) is 15.1 Å². The Balaban J connectivity index is 1.43. The molecule has 0 bridgehead atoms. The zero-order chi connectivity index (χ0) is 29.0. The number of amides is 3.